The third kappa shape index (κ3) is 4.37. The number of fused-ring (bicyclic) bond motifs is 1. The van der Waals surface area contributed by atoms with Gasteiger partial charge in [0.1, 0.15) is 36.0 Å². The maximum atomic E-state index is 12.1. The molecule has 2 aliphatic heterocycles. The number of hydrogen-bond donors (Lipinski definition) is 1. The van der Waals surface area contributed by atoms with Gasteiger partial charge in [-0.3, -0.25) is 14.4 Å². The number of rotatable bonds is 6. The minimum Gasteiger partial charge on any atom is -0.486 e. The van der Waals surface area contributed by atoms with Crippen molar-refractivity contribution in [1.29, 1.82) is 5.26 Å². The number of nitriles is 1. The molecule has 1 fully saturated rings. The molecule has 190 valence electrons. The van der Waals surface area contributed by atoms with E-state index in [9.17, 15) is 19.1 Å². The standard InChI is InChI=1S/C28H21N3O6S/c29-16-18-6-9-20(14-23(18)31-12-13-35-28(31)33)37-24-3-1-2-21-22(24)10-11-25(21)36-19-7-4-17(5-8-19)26-15-27(32)30-38(26)34/h1-9,14-15,25H,10-13H2,(H,30,32)/t25-,38?/m1/s1. The van der Waals surface area contributed by atoms with Crippen molar-refractivity contribution < 1.29 is 28.0 Å². The van der Waals surface area contributed by atoms with Crippen LogP contribution in [0.1, 0.15) is 34.8 Å². The molecule has 1 saturated heterocycles. The summed E-state index contributed by atoms with van der Waals surface area (Å²) in [7, 11) is -1.54. The van der Waals surface area contributed by atoms with Crippen molar-refractivity contribution in [3.63, 3.8) is 0 Å². The molecule has 0 bridgehead atoms. The lowest BCUT2D eigenvalue weighted by Gasteiger charge is -2.18. The van der Waals surface area contributed by atoms with E-state index in [2.05, 4.69) is 10.8 Å². The molecule has 0 spiro atoms. The van der Waals surface area contributed by atoms with Gasteiger partial charge in [-0.25, -0.2) is 9.00 Å². The minimum atomic E-state index is -1.54. The van der Waals surface area contributed by atoms with Gasteiger partial charge in [0.25, 0.3) is 5.91 Å². The fraction of sp³-hybridized carbons (Fsp3) is 0.179. The molecule has 38 heavy (non-hydrogen) atoms. The highest BCUT2D eigenvalue weighted by molar-refractivity contribution is 7.93. The number of hydrogen-bond acceptors (Lipinski definition) is 7. The van der Waals surface area contributed by atoms with Gasteiger partial charge in [-0.05, 0) is 54.3 Å². The second kappa shape index (κ2) is 9.68. The predicted octanol–water partition coefficient (Wildman–Crippen LogP) is 4.51. The van der Waals surface area contributed by atoms with Gasteiger partial charge in [-0.1, -0.05) is 24.3 Å². The van der Waals surface area contributed by atoms with E-state index in [0.717, 1.165) is 24.0 Å². The van der Waals surface area contributed by atoms with Gasteiger partial charge in [0, 0.05) is 17.7 Å². The number of nitrogens with zero attached hydrogens (tertiary/aromatic N) is 2. The van der Waals surface area contributed by atoms with Gasteiger partial charge in [0.05, 0.1) is 22.7 Å². The summed E-state index contributed by atoms with van der Waals surface area (Å²) in [6.45, 7) is 0.654. The summed E-state index contributed by atoms with van der Waals surface area (Å²) < 4.78 is 31.9. The Bertz CT molecular complexity index is 1560. The molecule has 0 aromatic heterocycles. The minimum absolute atomic E-state index is 0.168. The lowest BCUT2D eigenvalue weighted by atomic mass is 10.1. The van der Waals surface area contributed by atoms with E-state index in [1.807, 2.05) is 18.2 Å². The topological polar surface area (TPSA) is 118 Å². The molecule has 2 atom stereocenters. The first-order chi connectivity index (χ1) is 18.5. The van der Waals surface area contributed by atoms with E-state index >= 15 is 0 Å². The normalized spacial score (nSPS) is 19.9. The zero-order valence-electron chi connectivity index (χ0n) is 20.0. The molecule has 0 radical (unpaired) electrons. The Hall–Kier alpha value is -4.62. The van der Waals surface area contributed by atoms with Crippen LogP contribution in [0.3, 0.4) is 0 Å². The molecule has 10 heteroatoms. The van der Waals surface area contributed by atoms with Crippen molar-refractivity contribution in [2.24, 2.45) is 0 Å². The third-order valence-electron chi connectivity index (χ3n) is 6.61. The molecule has 2 amide bonds. The Morgan fingerprint density at radius 3 is 2.61 bits per heavy atom. The van der Waals surface area contributed by atoms with Crippen LogP contribution in [-0.2, 0) is 26.9 Å². The summed E-state index contributed by atoms with van der Waals surface area (Å²) in [5, 5.41) is 9.50. The zero-order valence-corrected chi connectivity index (χ0v) is 20.8. The third-order valence-corrected chi connectivity index (χ3v) is 7.75. The van der Waals surface area contributed by atoms with Gasteiger partial charge >= 0.3 is 6.09 Å². The van der Waals surface area contributed by atoms with E-state index in [-0.39, 0.29) is 18.6 Å². The van der Waals surface area contributed by atoms with Gasteiger partial charge in [-0.2, -0.15) is 5.26 Å². The molecule has 1 unspecified atom stereocenters. The summed E-state index contributed by atoms with van der Waals surface area (Å²) in [6, 6.07) is 20.1. The summed E-state index contributed by atoms with van der Waals surface area (Å²) >= 11 is 0. The van der Waals surface area contributed by atoms with Crippen LogP contribution >= 0.6 is 0 Å². The van der Waals surface area contributed by atoms with Crippen molar-refractivity contribution in [3.05, 3.63) is 89.0 Å². The molecule has 3 aromatic rings. The number of carbonyl (C=O) groups excluding carboxylic acids is 2. The van der Waals surface area contributed by atoms with Crippen molar-refractivity contribution >= 4 is 33.6 Å². The fourth-order valence-corrected chi connectivity index (χ4v) is 5.75. The number of nitrogens with one attached hydrogen (secondary N) is 1. The Kier molecular flexibility index (Phi) is 6.05. The number of carbonyl (C=O) groups is 2. The van der Waals surface area contributed by atoms with Crippen LogP contribution in [0, 0.1) is 11.3 Å². The van der Waals surface area contributed by atoms with Crippen LogP contribution in [-0.4, -0.2) is 29.4 Å². The van der Waals surface area contributed by atoms with E-state index in [4.69, 9.17) is 14.2 Å². The molecule has 3 aliphatic rings. The monoisotopic (exact) mass is 527 g/mol. The molecule has 1 aliphatic carbocycles. The number of benzene rings is 3. The van der Waals surface area contributed by atoms with E-state index in [0.29, 0.717) is 45.5 Å². The number of amides is 2. The van der Waals surface area contributed by atoms with Crippen LogP contribution in [0.4, 0.5) is 10.5 Å². The smallest absolute Gasteiger partial charge is 0.414 e. The molecule has 2 heterocycles. The average Bonchev–Trinajstić information content (AvgIpc) is 3.63. The highest BCUT2D eigenvalue weighted by Gasteiger charge is 2.29. The van der Waals surface area contributed by atoms with Crippen LogP contribution in [0.15, 0.2) is 66.7 Å². The van der Waals surface area contributed by atoms with Crippen molar-refractivity contribution in [2.75, 3.05) is 18.1 Å². The van der Waals surface area contributed by atoms with E-state index in [1.54, 1.807) is 42.5 Å². The number of anilines is 1. The van der Waals surface area contributed by atoms with Crippen LogP contribution in [0.5, 0.6) is 17.2 Å². The Morgan fingerprint density at radius 2 is 1.89 bits per heavy atom. The second-order valence-electron chi connectivity index (χ2n) is 8.90. The maximum Gasteiger partial charge on any atom is 0.414 e. The molecule has 1 N–H and O–H groups in total. The fourth-order valence-electron chi connectivity index (χ4n) is 4.83. The molecule has 0 saturated carbocycles. The number of ether oxygens (including phenoxy) is 3. The van der Waals surface area contributed by atoms with Crippen molar-refractivity contribution in [1.82, 2.24) is 4.72 Å². The summed E-state index contributed by atoms with van der Waals surface area (Å²) in [4.78, 5) is 25.4. The lowest BCUT2D eigenvalue weighted by molar-refractivity contribution is -0.114. The quantitative estimate of drug-likeness (QED) is 0.501. The van der Waals surface area contributed by atoms with Crippen LogP contribution in [0.2, 0.25) is 0 Å². The van der Waals surface area contributed by atoms with Gasteiger partial charge in [0.15, 0.2) is 11.0 Å². The van der Waals surface area contributed by atoms with E-state index in [1.165, 1.54) is 11.0 Å². The Balaban J connectivity index is 1.20. The lowest BCUT2D eigenvalue weighted by Crippen LogP contribution is -2.24. The summed E-state index contributed by atoms with van der Waals surface area (Å²) in [6.07, 6.45) is 2.22. The second-order valence-corrected chi connectivity index (χ2v) is 10.1. The maximum absolute atomic E-state index is 12.1. The summed E-state index contributed by atoms with van der Waals surface area (Å²) in [5.74, 6) is 1.50. The molecular formula is C28H21N3O6S. The largest absolute Gasteiger partial charge is 0.486 e. The molecule has 9 nitrogen and oxygen atoms in total. The zero-order chi connectivity index (χ0) is 26.2. The van der Waals surface area contributed by atoms with E-state index < -0.39 is 17.1 Å². The average molecular weight is 528 g/mol. The van der Waals surface area contributed by atoms with Gasteiger partial charge < -0.3 is 14.2 Å². The SMILES string of the molecule is N#Cc1ccc(Oc2cccc3c2CC[C@H]3Oc2ccc(C3=CC(=O)NS3=O)cc2)cc1N1CCOC1=O. The van der Waals surface area contributed by atoms with Gasteiger partial charge in [-0.15, -0.1) is 0 Å². The molecule has 6 rings (SSSR count). The first kappa shape index (κ1) is 23.8. The highest BCUT2D eigenvalue weighted by Crippen LogP contribution is 2.41. The van der Waals surface area contributed by atoms with Crippen molar-refractivity contribution in [2.45, 2.75) is 18.9 Å². The number of cyclic esters (lactones) is 1. The van der Waals surface area contributed by atoms with Crippen LogP contribution < -0.4 is 19.1 Å². The molecule has 3 aromatic carbocycles. The first-order valence-corrected chi connectivity index (χ1v) is 13.1. The Labute approximate surface area is 220 Å². The summed E-state index contributed by atoms with van der Waals surface area (Å²) in [5.41, 5.74) is 3.59. The van der Waals surface area contributed by atoms with Crippen LogP contribution in [0.25, 0.3) is 4.91 Å². The Morgan fingerprint density at radius 1 is 1.08 bits per heavy atom. The predicted molar refractivity (Wildman–Crippen MR) is 139 cm³/mol. The molecular weight excluding hydrogens is 506 g/mol. The van der Waals surface area contributed by atoms with Gasteiger partial charge in [0.2, 0.25) is 0 Å². The first-order valence-electron chi connectivity index (χ1n) is 12.0. The highest BCUT2D eigenvalue weighted by atomic mass is 32.2. The van der Waals surface area contributed by atoms with Crippen molar-refractivity contribution in [3.8, 4) is 23.3 Å².